The second-order valence-electron chi connectivity index (χ2n) is 6.61. The van der Waals surface area contributed by atoms with Gasteiger partial charge in [0.2, 0.25) is 5.91 Å². The molecule has 0 bridgehead atoms. The van der Waals surface area contributed by atoms with Crippen LogP contribution in [0.4, 0.5) is 5.69 Å². The fourth-order valence-corrected chi connectivity index (χ4v) is 3.59. The normalized spacial score (nSPS) is 20.9. The van der Waals surface area contributed by atoms with Crippen LogP contribution in [0, 0.1) is 0 Å². The van der Waals surface area contributed by atoms with Crippen LogP contribution in [0.25, 0.3) is 11.1 Å². The summed E-state index contributed by atoms with van der Waals surface area (Å²) in [7, 11) is 0. The van der Waals surface area contributed by atoms with Crippen LogP contribution >= 0.6 is 0 Å². The van der Waals surface area contributed by atoms with Gasteiger partial charge in [0, 0.05) is 50.7 Å². The van der Waals surface area contributed by atoms with Crippen molar-refractivity contribution in [2.75, 3.05) is 37.6 Å². The fourth-order valence-electron chi connectivity index (χ4n) is 3.59. The Bertz CT molecular complexity index is 720. The van der Waals surface area contributed by atoms with E-state index in [0.29, 0.717) is 12.3 Å². The van der Waals surface area contributed by atoms with Crippen molar-refractivity contribution in [3.05, 3.63) is 54.1 Å². The highest BCUT2D eigenvalue weighted by Gasteiger charge is 2.22. The third-order valence-corrected chi connectivity index (χ3v) is 5.02. The summed E-state index contributed by atoms with van der Waals surface area (Å²) in [5, 5.41) is 6.30. The molecule has 4 heteroatoms. The van der Waals surface area contributed by atoms with E-state index in [1.807, 2.05) is 0 Å². The number of carbonyl (C=O) groups is 1. The zero-order valence-electron chi connectivity index (χ0n) is 13.8. The number of hydrogen-bond acceptors (Lipinski definition) is 3. The van der Waals surface area contributed by atoms with Crippen molar-refractivity contribution < 1.29 is 4.79 Å². The average Bonchev–Trinajstić information content (AvgIpc) is 3.09. The fraction of sp³-hybridized carbons (Fsp3) is 0.350. The SMILES string of the molecule is O=C1CC(c2ccc(-c3cccc(N4CCNCC4)c3)cc2)CN1. The smallest absolute Gasteiger partial charge is 0.220 e. The van der Waals surface area contributed by atoms with E-state index in [4.69, 9.17) is 0 Å². The Kier molecular flexibility index (Phi) is 4.22. The Labute approximate surface area is 142 Å². The van der Waals surface area contributed by atoms with Crippen molar-refractivity contribution in [1.82, 2.24) is 10.6 Å². The van der Waals surface area contributed by atoms with Gasteiger partial charge in [-0.3, -0.25) is 4.79 Å². The summed E-state index contributed by atoms with van der Waals surface area (Å²) >= 11 is 0. The van der Waals surface area contributed by atoms with Gasteiger partial charge in [0.15, 0.2) is 0 Å². The number of piperazine rings is 1. The highest BCUT2D eigenvalue weighted by Crippen LogP contribution is 2.28. The van der Waals surface area contributed by atoms with Crippen LogP contribution in [0.15, 0.2) is 48.5 Å². The maximum absolute atomic E-state index is 11.4. The molecule has 0 spiro atoms. The van der Waals surface area contributed by atoms with Gasteiger partial charge in [-0.05, 0) is 28.8 Å². The van der Waals surface area contributed by atoms with E-state index in [1.54, 1.807) is 0 Å². The minimum absolute atomic E-state index is 0.160. The summed E-state index contributed by atoms with van der Waals surface area (Å²) in [6.45, 7) is 4.98. The molecule has 2 saturated heterocycles. The van der Waals surface area contributed by atoms with E-state index >= 15 is 0 Å². The van der Waals surface area contributed by atoms with Crippen LogP contribution in [0.5, 0.6) is 0 Å². The number of carbonyl (C=O) groups excluding carboxylic acids is 1. The molecule has 0 aromatic heterocycles. The zero-order valence-corrected chi connectivity index (χ0v) is 13.8. The summed E-state index contributed by atoms with van der Waals surface area (Å²) < 4.78 is 0. The van der Waals surface area contributed by atoms with Crippen LogP contribution < -0.4 is 15.5 Å². The molecule has 2 heterocycles. The van der Waals surface area contributed by atoms with Crippen LogP contribution in [0.2, 0.25) is 0 Å². The number of benzene rings is 2. The molecule has 4 rings (SSSR count). The van der Waals surface area contributed by atoms with Crippen molar-refractivity contribution >= 4 is 11.6 Å². The number of rotatable bonds is 3. The minimum Gasteiger partial charge on any atom is -0.369 e. The first-order valence-electron chi connectivity index (χ1n) is 8.72. The molecule has 2 N–H and O–H groups in total. The second kappa shape index (κ2) is 6.65. The predicted molar refractivity (Wildman–Crippen MR) is 97.3 cm³/mol. The van der Waals surface area contributed by atoms with Crippen molar-refractivity contribution in [3.8, 4) is 11.1 Å². The molecule has 0 aliphatic carbocycles. The molecular weight excluding hydrogens is 298 g/mol. The van der Waals surface area contributed by atoms with Gasteiger partial charge in [0.1, 0.15) is 0 Å². The second-order valence-corrected chi connectivity index (χ2v) is 6.61. The molecule has 1 atom stereocenters. The van der Waals surface area contributed by atoms with E-state index in [1.165, 1.54) is 22.4 Å². The topological polar surface area (TPSA) is 44.4 Å². The number of amides is 1. The molecule has 124 valence electrons. The first kappa shape index (κ1) is 15.2. The molecular formula is C20H23N3O. The first-order valence-corrected chi connectivity index (χ1v) is 8.72. The number of hydrogen-bond donors (Lipinski definition) is 2. The highest BCUT2D eigenvalue weighted by molar-refractivity contribution is 5.79. The van der Waals surface area contributed by atoms with E-state index in [9.17, 15) is 4.79 Å². The predicted octanol–water partition coefficient (Wildman–Crippen LogP) is 2.37. The third kappa shape index (κ3) is 3.15. The number of nitrogens with one attached hydrogen (secondary N) is 2. The van der Waals surface area contributed by atoms with Gasteiger partial charge < -0.3 is 15.5 Å². The molecule has 1 amide bonds. The molecule has 2 aromatic carbocycles. The summed E-state index contributed by atoms with van der Waals surface area (Å²) in [4.78, 5) is 13.8. The standard InChI is InChI=1S/C20H23N3O/c24-20-13-18(14-22-20)16-6-4-15(5-7-16)17-2-1-3-19(12-17)23-10-8-21-9-11-23/h1-7,12,18,21H,8-11,13-14H2,(H,22,24). The Hall–Kier alpha value is -2.33. The Morgan fingerprint density at radius 3 is 2.46 bits per heavy atom. The lowest BCUT2D eigenvalue weighted by atomic mass is 9.95. The molecule has 0 radical (unpaired) electrons. The molecule has 2 fully saturated rings. The third-order valence-electron chi connectivity index (χ3n) is 5.02. The summed E-state index contributed by atoms with van der Waals surface area (Å²) in [6.07, 6.45) is 0.609. The van der Waals surface area contributed by atoms with Gasteiger partial charge in [-0.25, -0.2) is 0 Å². The van der Waals surface area contributed by atoms with Crippen LogP contribution in [-0.4, -0.2) is 38.6 Å². The maximum atomic E-state index is 11.4. The van der Waals surface area contributed by atoms with Crippen molar-refractivity contribution in [2.24, 2.45) is 0 Å². The summed E-state index contributed by atoms with van der Waals surface area (Å²) in [5.74, 6) is 0.478. The van der Waals surface area contributed by atoms with Gasteiger partial charge in [0.05, 0.1) is 0 Å². The van der Waals surface area contributed by atoms with Crippen molar-refractivity contribution in [1.29, 1.82) is 0 Å². The monoisotopic (exact) mass is 321 g/mol. The van der Waals surface area contributed by atoms with Crippen LogP contribution in [0.1, 0.15) is 17.9 Å². The van der Waals surface area contributed by atoms with Crippen LogP contribution in [-0.2, 0) is 4.79 Å². The molecule has 2 aromatic rings. The maximum Gasteiger partial charge on any atom is 0.220 e. The van der Waals surface area contributed by atoms with Crippen molar-refractivity contribution in [2.45, 2.75) is 12.3 Å². The number of nitrogens with zero attached hydrogens (tertiary/aromatic N) is 1. The van der Waals surface area contributed by atoms with Crippen LogP contribution in [0.3, 0.4) is 0 Å². The van der Waals surface area contributed by atoms with Crippen molar-refractivity contribution in [3.63, 3.8) is 0 Å². The quantitative estimate of drug-likeness (QED) is 0.912. The molecule has 1 unspecified atom stereocenters. The zero-order chi connectivity index (χ0) is 16.4. The Morgan fingerprint density at radius 1 is 0.958 bits per heavy atom. The van der Waals surface area contributed by atoms with Gasteiger partial charge in [-0.15, -0.1) is 0 Å². The van der Waals surface area contributed by atoms with E-state index < -0.39 is 0 Å². The largest absolute Gasteiger partial charge is 0.369 e. The molecule has 0 saturated carbocycles. The number of anilines is 1. The summed E-state index contributed by atoms with van der Waals surface area (Å²) in [6, 6.07) is 17.5. The van der Waals surface area contributed by atoms with Gasteiger partial charge in [0.25, 0.3) is 0 Å². The Morgan fingerprint density at radius 2 is 1.75 bits per heavy atom. The minimum atomic E-state index is 0.160. The van der Waals surface area contributed by atoms with Gasteiger partial charge >= 0.3 is 0 Å². The molecule has 2 aliphatic heterocycles. The van der Waals surface area contributed by atoms with Gasteiger partial charge in [-0.1, -0.05) is 36.4 Å². The van der Waals surface area contributed by atoms with Gasteiger partial charge in [-0.2, -0.15) is 0 Å². The first-order chi connectivity index (χ1) is 11.8. The molecule has 2 aliphatic rings. The Balaban J connectivity index is 1.54. The van der Waals surface area contributed by atoms with E-state index in [2.05, 4.69) is 64.1 Å². The average molecular weight is 321 g/mol. The highest BCUT2D eigenvalue weighted by atomic mass is 16.1. The molecule has 4 nitrogen and oxygen atoms in total. The molecule has 24 heavy (non-hydrogen) atoms. The van der Waals surface area contributed by atoms with E-state index in [0.717, 1.165) is 32.7 Å². The lowest BCUT2D eigenvalue weighted by molar-refractivity contribution is -0.119. The summed E-state index contributed by atoms with van der Waals surface area (Å²) in [5.41, 5.74) is 5.02. The van der Waals surface area contributed by atoms with E-state index in [-0.39, 0.29) is 5.91 Å². The lowest BCUT2D eigenvalue weighted by Crippen LogP contribution is -2.43. The lowest BCUT2D eigenvalue weighted by Gasteiger charge is -2.29.